The summed E-state index contributed by atoms with van der Waals surface area (Å²) in [5, 5.41) is 3.82. The number of carbonyl (C=O) groups excluding carboxylic acids is 1. The van der Waals surface area contributed by atoms with Crippen molar-refractivity contribution in [3.8, 4) is 0 Å². The molecule has 1 aromatic heterocycles. The van der Waals surface area contributed by atoms with Gasteiger partial charge in [0.05, 0.1) is 12.3 Å². The largest absolute Gasteiger partial charge is 0.468 e. The number of hydrogen-bond donors (Lipinski definition) is 2. The maximum atomic E-state index is 11.0. The molecule has 3 N–H and O–H groups in total. The molecule has 0 aliphatic heterocycles. The number of amides is 1. The number of hydrogen-bond acceptors (Lipinski definition) is 3. The van der Waals surface area contributed by atoms with Gasteiger partial charge >= 0.3 is 0 Å². The molecule has 2 rings (SSSR count). The topological polar surface area (TPSA) is 68.3 Å². The lowest BCUT2D eigenvalue weighted by molar-refractivity contribution is 0.100. The molecule has 0 aliphatic rings. The fraction of sp³-hybridized carbons (Fsp3) is 0.214. The second-order valence-corrected chi connectivity index (χ2v) is 4.70. The Morgan fingerprint density at radius 3 is 2.84 bits per heavy atom. The van der Waals surface area contributed by atoms with Gasteiger partial charge in [0.2, 0.25) is 5.91 Å². The van der Waals surface area contributed by atoms with E-state index in [-0.39, 0.29) is 6.04 Å². The molecule has 0 aliphatic carbocycles. The van der Waals surface area contributed by atoms with Gasteiger partial charge in [-0.1, -0.05) is 17.7 Å². The molecule has 0 bridgehead atoms. The smallest absolute Gasteiger partial charge is 0.248 e. The van der Waals surface area contributed by atoms with Crippen molar-refractivity contribution in [1.82, 2.24) is 5.32 Å². The van der Waals surface area contributed by atoms with Gasteiger partial charge in [-0.05, 0) is 36.8 Å². The van der Waals surface area contributed by atoms with Gasteiger partial charge < -0.3 is 15.5 Å². The maximum absolute atomic E-state index is 11.0. The Morgan fingerprint density at radius 1 is 1.47 bits per heavy atom. The van der Waals surface area contributed by atoms with Crippen LogP contribution in [0, 0.1) is 0 Å². The standard InChI is InChI=1S/C14H15ClN2O2/c1-9(13-3-2-6-19-13)17-8-11-5-4-10(14(16)18)7-12(11)15/h2-7,9,17H,8H2,1H3,(H2,16,18)/t9-/m0/s1. The molecule has 1 heterocycles. The second-order valence-electron chi connectivity index (χ2n) is 4.29. The van der Waals surface area contributed by atoms with Gasteiger partial charge in [0.25, 0.3) is 0 Å². The van der Waals surface area contributed by atoms with Gasteiger partial charge in [-0.2, -0.15) is 0 Å². The average Bonchev–Trinajstić information content (AvgIpc) is 2.90. The number of benzene rings is 1. The summed E-state index contributed by atoms with van der Waals surface area (Å²) in [7, 11) is 0. The summed E-state index contributed by atoms with van der Waals surface area (Å²) < 4.78 is 5.31. The minimum atomic E-state index is -0.481. The number of primary amides is 1. The molecule has 1 atom stereocenters. The van der Waals surface area contributed by atoms with Crippen LogP contribution in [0.5, 0.6) is 0 Å². The fourth-order valence-electron chi connectivity index (χ4n) is 1.75. The molecule has 100 valence electrons. The molecule has 2 aromatic rings. The Kier molecular flexibility index (Phi) is 4.24. The Morgan fingerprint density at radius 2 is 2.26 bits per heavy atom. The van der Waals surface area contributed by atoms with Crippen LogP contribution in [0.1, 0.15) is 34.6 Å². The van der Waals surface area contributed by atoms with Crippen molar-refractivity contribution < 1.29 is 9.21 Å². The van der Waals surface area contributed by atoms with E-state index >= 15 is 0 Å². The van der Waals surface area contributed by atoms with Gasteiger partial charge in [-0.15, -0.1) is 0 Å². The van der Waals surface area contributed by atoms with Crippen LogP contribution >= 0.6 is 11.6 Å². The summed E-state index contributed by atoms with van der Waals surface area (Å²) in [6, 6.07) is 8.89. The molecule has 0 fully saturated rings. The molecule has 1 amide bonds. The number of furan rings is 1. The molecular formula is C14H15ClN2O2. The number of nitrogens with two attached hydrogens (primary N) is 1. The molecule has 5 heteroatoms. The molecule has 0 radical (unpaired) electrons. The molecule has 0 spiro atoms. The van der Waals surface area contributed by atoms with E-state index in [0.29, 0.717) is 17.1 Å². The van der Waals surface area contributed by atoms with E-state index in [1.807, 2.05) is 19.1 Å². The minimum Gasteiger partial charge on any atom is -0.468 e. The van der Waals surface area contributed by atoms with Gasteiger partial charge in [0.15, 0.2) is 0 Å². The first-order chi connectivity index (χ1) is 9.08. The normalized spacial score (nSPS) is 12.3. The third-order valence-corrected chi connectivity index (χ3v) is 3.26. The van der Waals surface area contributed by atoms with Crippen molar-refractivity contribution >= 4 is 17.5 Å². The van der Waals surface area contributed by atoms with E-state index in [9.17, 15) is 4.79 Å². The first kappa shape index (κ1) is 13.6. The maximum Gasteiger partial charge on any atom is 0.248 e. The number of nitrogens with one attached hydrogen (secondary N) is 1. The van der Waals surface area contributed by atoms with Crippen molar-refractivity contribution in [2.24, 2.45) is 5.73 Å². The van der Waals surface area contributed by atoms with Crippen LogP contribution in [0.2, 0.25) is 5.02 Å². The summed E-state index contributed by atoms with van der Waals surface area (Å²) in [6.45, 7) is 2.59. The molecular weight excluding hydrogens is 264 g/mol. The zero-order chi connectivity index (χ0) is 13.8. The zero-order valence-corrected chi connectivity index (χ0v) is 11.3. The number of halogens is 1. The quantitative estimate of drug-likeness (QED) is 0.884. The average molecular weight is 279 g/mol. The third-order valence-electron chi connectivity index (χ3n) is 2.91. The van der Waals surface area contributed by atoms with Crippen LogP contribution in [-0.4, -0.2) is 5.91 Å². The third kappa shape index (κ3) is 3.36. The molecule has 0 saturated carbocycles. The monoisotopic (exact) mass is 278 g/mol. The number of rotatable bonds is 5. The van der Waals surface area contributed by atoms with Gasteiger partial charge in [-0.25, -0.2) is 0 Å². The Labute approximate surface area is 116 Å². The molecule has 4 nitrogen and oxygen atoms in total. The van der Waals surface area contributed by atoms with E-state index in [4.69, 9.17) is 21.8 Å². The van der Waals surface area contributed by atoms with Crippen molar-refractivity contribution in [3.63, 3.8) is 0 Å². The zero-order valence-electron chi connectivity index (χ0n) is 10.5. The van der Waals surface area contributed by atoms with Crippen LogP contribution < -0.4 is 11.1 Å². The van der Waals surface area contributed by atoms with Crippen molar-refractivity contribution in [2.45, 2.75) is 19.5 Å². The van der Waals surface area contributed by atoms with Crippen LogP contribution in [0.4, 0.5) is 0 Å². The van der Waals surface area contributed by atoms with E-state index < -0.39 is 5.91 Å². The van der Waals surface area contributed by atoms with Crippen molar-refractivity contribution in [3.05, 3.63) is 58.5 Å². The summed E-state index contributed by atoms with van der Waals surface area (Å²) in [6.07, 6.45) is 1.64. The summed E-state index contributed by atoms with van der Waals surface area (Å²) in [5.74, 6) is 0.384. The molecule has 1 aromatic carbocycles. The predicted molar refractivity (Wildman–Crippen MR) is 73.9 cm³/mol. The van der Waals surface area contributed by atoms with E-state index in [0.717, 1.165) is 11.3 Å². The lowest BCUT2D eigenvalue weighted by Crippen LogP contribution is -2.18. The van der Waals surface area contributed by atoms with Crippen LogP contribution in [0.25, 0.3) is 0 Å². The van der Waals surface area contributed by atoms with Crippen molar-refractivity contribution in [1.29, 1.82) is 0 Å². The Balaban J connectivity index is 2.02. The highest BCUT2D eigenvalue weighted by atomic mass is 35.5. The Hall–Kier alpha value is -1.78. The Bertz CT molecular complexity index is 567. The SMILES string of the molecule is C[C@H](NCc1ccc(C(N)=O)cc1Cl)c1ccco1. The van der Waals surface area contributed by atoms with Gasteiger partial charge in [0, 0.05) is 17.1 Å². The van der Waals surface area contributed by atoms with Gasteiger partial charge in [0.1, 0.15) is 5.76 Å². The highest BCUT2D eigenvalue weighted by Crippen LogP contribution is 2.19. The number of carbonyl (C=O) groups is 1. The van der Waals surface area contributed by atoms with Gasteiger partial charge in [-0.3, -0.25) is 4.79 Å². The van der Waals surface area contributed by atoms with Crippen LogP contribution in [0.15, 0.2) is 41.0 Å². The van der Waals surface area contributed by atoms with E-state index in [1.54, 1.807) is 24.5 Å². The molecule has 0 unspecified atom stereocenters. The highest BCUT2D eigenvalue weighted by molar-refractivity contribution is 6.31. The lowest BCUT2D eigenvalue weighted by Gasteiger charge is -2.12. The van der Waals surface area contributed by atoms with Crippen LogP contribution in [-0.2, 0) is 6.54 Å². The molecule has 0 saturated heterocycles. The summed E-state index contributed by atoms with van der Waals surface area (Å²) >= 11 is 6.11. The molecule has 19 heavy (non-hydrogen) atoms. The minimum absolute atomic E-state index is 0.0851. The lowest BCUT2D eigenvalue weighted by atomic mass is 10.1. The highest BCUT2D eigenvalue weighted by Gasteiger charge is 2.10. The van der Waals surface area contributed by atoms with Crippen LogP contribution in [0.3, 0.4) is 0 Å². The predicted octanol–water partition coefficient (Wildman–Crippen LogP) is 2.88. The summed E-state index contributed by atoms with van der Waals surface area (Å²) in [5.41, 5.74) is 6.51. The first-order valence-corrected chi connectivity index (χ1v) is 6.30. The fourth-order valence-corrected chi connectivity index (χ4v) is 1.99. The van der Waals surface area contributed by atoms with E-state index in [2.05, 4.69) is 5.32 Å². The second kappa shape index (κ2) is 5.91. The summed E-state index contributed by atoms with van der Waals surface area (Å²) in [4.78, 5) is 11.0. The van der Waals surface area contributed by atoms with E-state index in [1.165, 1.54) is 0 Å². The van der Waals surface area contributed by atoms with Crippen molar-refractivity contribution in [2.75, 3.05) is 0 Å². The first-order valence-electron chi connectivity index (χ1n) is 5.93.